The van der Waals surface area contributed by atoms with Crippen molar-refractivity contribution in [3.05, 3.63) is 22.9 Å². The first-order valence-corrected chi connectivity index (χ1v) is 5.43. The molecule has 0 aliphatic heterocycles. The Morgan fingerprint density at radius 3 is 3.11 bits per heavy atom. The molecule has 2 heterocycles. The monoisotopic (exact) mass is 253 g/mol. The molecule has 1 unspecified atom stereocenters. The Balaban J connectivity index is 2.05. The highest BCUT2D eigenvalue weighted by Crippen LogP contribution is 2.04. The molecule has 8 nitrogen and oxygen atoms in total. The summed E-state index contributed by atoms with van der Waals surface area (Å²) < 4.78 is 11.5. The number of nitrogens with zero attached hydrogens (tertiary/aromatic N) is 3. The molecular formula is C10H15N5O3. The molecule has 0 saturated carbocycles. The van der Waals surface area contributed by atoms with E-state index in [2.05, 4.69) is 20.5 Å². The molecule has 18 heavy (non-hydrogen) atoms. The molecule has 0 aliphatic carbocycles. The Bertz CT molecular complexity index is 564. The van der Waals surface area contributed by atoms with E-state index in [-0.39, 0.29) is 11.8 Å². The summed E-state index contributed by atoms with van der Waals surface area (Å²) in [6, 6.07) is 1.68. The first kappa shape index (κ1) is 12.5. The van der Waals surface area contributed by atoms with E-state index in [1.54, 1.807) is 20.3 Å². The van der Waals surface area contributed by atoms with Crippen LogP contribution in [0.4, 0.5) is 5.82 Å². The number of hydrogen-bond donors (Lipinski definition) is 2. The maximum atomic E-state index is 11.2. The van der Waals surface area contributed by atoms with Crippen LogP contribution in [-0.2, 0) is 9.47 Å². The van der Waals surface area contributed by atoms with Crippen LogP contribution >= 0.6 is 0 Å². The third-order valence-electron chi connectivity index (χ3n) is 2.51. The number of fused-ring (bicyclic) bond motifs is 1. The largest absolute Gasteiger partial charge is 0.382 e. The lowest BCUT2D eigenvalue weighted by molar-refractivity contribution is 0.0365. The van der Waals surface area contributed by atoms with Crippen molar-refractivity contribution in [2.45, 2.75) is 6.10 Å². The standard InChI is InChI=1S/C10H15N5O3/c1-17-5-7(18-2)4-11-8-3-9-13-14-10(16)15(9)6-12-8/h3,6-7,11H,4-5H2,1-2H3,(H,14,16). The topological polar surface area (TPSA) is 93.5 Å². The summed E-state index contributed by atoms with van der Waals surface area (Å²) in [7, 11) is 3.24. The van der Waals surface area contributed by atoms with Crippen LogP contribution in [-0.4, -0.2) is 53.1 Å². The van der Waals surface area contributed by atoms with Gasteiger partial charge < -0.3 is 14.8 Å². The number of nitrogens with one attached hydrogen (secondary N) is 2. The number of ether oxygens (including phenoxy) is 2. The second-order valence-electron chi connectivity index (χ2n) is 3.73. The lowest BCUT2D eigenvalue weighted by Crippen LogP contribution is -2.27. The van der Waals surface area contributed by atoms with E-state index in [9.17, 15) is 4.79 Å². The second kappa shape index (κ2) is 5.61. The summed E-state index contributed by atoms with van der Waals surface area (Å²) in [6.07, 6.45) is 1.36. The zero-order valence-corrected chi connectivity index (χ0v) is 10.2. The van der Waals surface area contributed by atoms with E-state index in [1.807, 2.05) is 0 Å². The third kappa shape index (κ3) is 2.66. The van der Waals surface area contributed by atoms with Crippen molar-refractivity contribution in [1.82, 2.24) is 19.6 Å². The molecule has 2 aromatic heterocycles. The maximum Gasteiger partial charge on any atom is 0.348 e. The minimum atomic E-state index is -0.307. The quantitative estimate of drug-likeness (QED) is 0.720. The Morgan fingerprint density at radius 2 is 2.39 bits per heavy atom. The predicted octanol–water partition coefficient (Wildman–Crippen LogP) is -0.509. The van der Waals surface area contributed by atoms with Crippen molar-refractivity contribution in [1.29, 1.82) is 0 Å². The van der Waals surface area contributed by atoms with Crippen molar-refractivity contribution in [3.8, 4) is 0 Å². The van der Waals surface area contributed by atoms with E-state index in [4.69, 9.17) is 9.47 Å². The van der Waals surface area contributed by atoms with Crippen LogP contribution in [0.3, 0.4) is 0 Å². The summed E-state index contributed by atoms with van der Waals surface area (Å²) in [5.74, 6) is 0.625. The molecule has 0 spiro atoms. The molecule has 0 amide bonds. The Labute approximate surface area is 103 Å². The molecule has 2 N–H and O–H groups in total. The molecule has 0 saturated heterocycles. The number of rotatable bonds is 6. The van der Waals surface area contributed by atoms with Crippen molar-refractivity contribution in [2.75, 3.05) is 32.7 Å². The Kier molecular flexibility index (Phi) is 3.90. The fraction of sp³-hybridized carbons (Fsp3) is 0.500. The number of aromatic nitrogens is 4. The molecule has 0 aromatic carbocycles. The minimum absolute atomic E-state index is 0.0607. The zero-order valence-electron chi connectivity index (χ0n) is 10.2. The number of hydrogen-bond acceptors (Lipinski definition) is 6. The molecule has 2 rings (SSSR count). The average Bonchev–Trinajstić information content (AvgIpc) is 2.76. The highest BCUT2D eigenvalue weighted by molar-refractivity contribution is 5.48. The summed E-state index contributed by atoms with van der Waals surface area (Å²) >= 11 is 0. The second-order valence-corrected chi connectivity index (χ2v) is 3.73. The van der Waals surface area contributed by atoms with Crippen LogP contribution in [0.25, 0.3) is 5.65 Å². The van der Waals surface area contributed by atoms with Gasteiger partial charge in [-0.15, -0.1) is 0 Å². The number of H-pyrrole nitrogens is 1. The van der Waals surface area contributed by atoms with Gasteiger partial charge >= 0.3 is 5.69 Å². The van der Waals surface area contributed by atoms with E-state index < -0.39 is 0 Å². The van der Waals surface area contributed by atoms with Gasteiger partial charge in [-0.05, 0) is 0 Å². The summed E-state index contributed by atoms with van der Waals surface area (Å²) in [6.45, 7) is 1.05. The molecule has 98 valence electrons. The number of methoxy groups -OCH3 is 2. The van der Waals surface area contributed by atoms with Crippen molar-refractivity contribution >= 4 is 11.5 Å². The Hall–Kier alpha value is -1.93. The van der Waals surface area contributed by atoms with E-state index in [0.29, 0.717) is 24.6 Å². The van der Waals surface area contributed by atoms with Gasteiger partial charge in [-0.25, -0.2) is 19.3 Å². The van der Waals surface area contributed by atoms with Gasteiger partial charge in [0.2, 0.25) is 0 Å². The van der Waals surface area contributed by atoms with Gasteiger partial charge in [-0.3, -0.25) is 0 Å². The SMILES string of the molecule is COCC(CNc1cc2n[nH]c(=O)n2cn1)OC. The fourth-order valence-electron chi connectivity index (χ4n) is 1.52. The summed E-state index contributed by atoms with van der Waals surface area (Å²) in [5, 5.41) is 9.29. The van der Waals surface area contributed by atoms with Gasteiger partial charge in [0.05, 0.1) is 12.7 Å². The van der Waals surface area contributed by atoms with Crippen molar-refractivity contribution in [3.63, 3.8) is 0 Å². The molecule has 2 aromatic rings. The van der Waals surface area contributed by atoms with Gasteiger partial charge in [0.25, 0.3) is 0 Å². The maximum absolute atomic E-state index is 11.2. The van der Waals surface area contributed by atoms with Crippen molar-refractivity contribution in [2.24, 2.45) is 0 Å². The van der Waals surface area contributed by atoms with Gasteiger partial charge in [0.1, 0.15) is 12.1 Å². The summed E-state index contributed by atoms with van der Waals surface area (Å²) in [4.78, 5) is 15.3. The molecule has 8 heteroatoms. The Morgan fingerprint density at radius 1 is 1.56 bits per heavy atom. The van der Waals surface area contributed by atoms with Gasteiger partial charge in [-0.1, -0.05) is 0 Å². The summed E-state index contributed by atoms with van der Waals surface area (Å²) in [5.41, 5.74) is 0.205. The third-order valence-corrected chi connectivity index (χ3v) is 2.51. The first-order chi connectivity index (χ1) is 8.74. The number of aromatic amines is 1. The molecular weight excluding hydrogens is 238 g/mol. The molecule has 0 fully saturated rings. The first-order valence-electron chi connectivity index (χ1n) is 5.43. The smallest absolute Gasteiger partial charge is 0.348 e. The fourth-order valence-corrected chi connectivity index (χ4v) is 1.52. The van der Waals surface area contributed by atoms with Crippen LogP contribution in [0.1, 0.15) is 0 Å². The highest BCUT2D eigenvalue weighted by atomic mass is 16.5. The zero-order chi connectivity index (χ0) is 13.0. The van der Waals surface area contributed by atoms with Crippen LogP contribution < -0.4 is 11.0 Å². The van der Waals surface area contributed by atoms with Crippen molar-refractivity contribution < 1.29 is 9.47 Å². The van der Waals surface area contributed by atoms with Crippen LogP contribution in [0.2, 0.25) is 0 Å². The van der Waals surface area contributed by atoms with E-state index in [0.717, 1.165) is 0 Å². The lowest BCUT2D eigenvalue weighted by atomic mass is 10.3. The highest BCUT2D eigenvalue weighted by Gasteiger charge is 2.07. The normalized spacial score (nSPS) is 12.8. The molecule has 0 bridgehead atoms. The lowest BCUT2D eigenvalue weighted by Gasteiger charge is -2.15. The van der Waals surface area contributed by atoms with Gasteiger partial charge in [0.15, 0.2) is 5.65 Å². The number of anilines is 1. The van der Waals surface area contributed by atoms with Crippen LogP contribution in [0, 0.1) is 0 Å². The minimum Gasteiger partial charge on any atom is -0.382 e. The van der Waals surface area contributed by atoms with E-state index >= 15 is 0 Å². The van der Waals surface area contributed by atoms with Crippen LogP contribution in [0.15, 0.2) is 17.2 Å². The van der Waals surface area contributed by atoms with E-state index in [1.165, 1.54) is 10.7 Å². The molecule has 0 aliphatic rings. The molecule has 1 atom stereocenters. The molecule has 0 radical (unpaired) electrons. The average molecular weight is 253 g/mol. The predicted molar refractivity (Wildman–Crippen MR) is 64.8 cm³/mol. The van der Waals surface area contributed by atoms with Gasteiger partial charge in [-0.2, -0.15) is 5.10 Å². The van der Waals surface area contributed by atoms with Gasteiger partial charge in [0, 0.05) is 26.8 Å². The van der Waals surface area contributed by atoms with Crippen LogP contribution in [0.5, 0.6) is 0 Å².